The van der Waals surface area contributed by atoms with Gasteiger partial charge in [-0.25, -0.2) is 0 Å². The third-order valence-corrected chi connectivity index (χ3v) is 4.69. The summed E-state index contributed by atoms with van der Waals surface area (Å²) in [6, 6.07) is 11.4. The van der Waals surface area contributed by atoms with Crippen LogP contribution in [0.5, 0.6) is 11.5 Å². The molecule has 0 aliphatic rings. The fourth-order valence-electron chi connectivity index (χ4n) is 3.11. The Kier molecular flexibility index (Phi) is 6.95. The molecule has 0 radical (unpaired) electrons. The van der Waals surface area contributed by atoms with Crippen molar-refractivity contribution in [3.63, 3.8) is 0 Å². The van der Waals surface area contributed by atoms with Gasteiger partial charge in [0.25, 0.3) is 5.91 Å². The molecule has 7 heteroatoms. The van der Waals surface area contributed by atoms with Crippen LogP contribution in [0.15, 0.2) is 47.1 Å². The highest BCUT2D eigenvalue weighted by Gasteiger charge is 2.13. The second kappa shape index (κ2) is 9.82. The molecule has 1 amide bonds. The molecule has 7 nitrogen and oxygen atoms in total. The van der Waals surface area contributed by atoms with Crippen LogP contribution in [0.2, 0.25) is 0 Å². The molecule has 0 fully saturated rings. The van der Waals surface area contributed by atoms with Crippen LogP contribution in [0.25, 0.3) is 11.0 Å². The number of ether oxygens (including phenoxy) is 3. The molecule has 0 spiro atoms. The molecule has 0 saturated heterocycles. The molecule has 30 heavy (non-hydrogen) atoms. The standard InChI is InChI=1S/C23H25NO6/c1-15-4-6-18-17(13-29-20(18)10-15)12-23(26)30-14-22(25)24-9-8-16-5-7-19(27-2)21(11-16)28-3/h4-7,10-11,13H,8-9,12,14H2,1-3H3,(H,24,25). The number of hydrogen-bond donors (Lipinski definition) is 1. The summed E-state index contributed by atoms with van der Waals surface area (Å²) in [5.41, 5.74) is 3.54. The second-order valence-electron chi connectivity index (χ2n) is 6.89. The van der Waals surface area contributed by atoms with E-state index in [-0.39, 0.29) is 18.9 Å². The number of aryl methyl sites for hydroxylation is 1. The molecule has 1 N–H and O–H groups in total. The number of amides is 1. The summed E-state index contributed by atoms with van der Waals surface area (Å²) in [6.07, 6.45) is 2.21. The molecule has 1 heterocycles. The molecule has 0 saturated carbocycles. The molecule has 3 rings (SSSR count). The summed E-state index contributed by atoms with van der Waals surface area (Å²) in [4.78, 5) is 24.0. The fraction of sp³-hybridized carbons (Fsp3) is 0.304. The largest absolute Gasteiger partial charge is 0.493 e. The van der Waals surface area contributed by atoms with E-state index >= 15 is 0 Å². The van der Waals surface area contributed by atoms with Gasteiger partial charge in [-0.1, -0.05) is 18.2 Å². The van der Waals surface area contributed by atoms with Crippen molar-refractivity contribution in [2.75, 3.05) is 27.4 Å². The number of furan rings is 1. The maximum atomic E-state index is 12.1. The van der Waals surface area contributed by atoms with Gasteiger partial charge in [-0.05, 0) is 42.7 Å². The van der Waals surface area contributed by atoms with Crippen LogP contribution in [0, 0.1) is 6.92 Å². The molecule has 1 aromatic heterocycles. The van der Waals surface area contributed by atoms with E-state index in [1.807, 2.05) is 43.3 Å². The summed E-state index contributed by atoms with van der Waals surface area (Å²) in [6.45, 7) is 2.07. The maximum absolute atomic E-state index is 12.1. The molecule has 0 aliphatic heterocycles. The average molecular weight is 411 g/mol. The minimum absolute atomic E-state index is 0.0506. The van der Waals surface area contributed by atoms with Crippen LogP contribution in [-0.2, 0) is 27.2 Å². The summed E-state index contributed by atoms with van der Waals surface area (Å²) < 4.78 is 21.0. The first-order valence-corrected chi connectivity index (χ1v) is 9.60. The van der Waals surface area contributed by atoms with Crippen molar-refractivity contribution in [3.8, 4) is 11.5 Å². The van der Waals surface area contributed by atoms with Crippen molar-refractivity contribution in [2.24, 2.45) is 0 Å². The van der Waals surface area contributed by atoms with E-state index in [1.54, 1.807) is 20.5 Å². The average Bonchev–Trinajstić information content (AvgIpc) is 3.13. The van der Waals surface area contributed by atoms with Gasteiger partial charge in [0.1, 0.15) is 5.58 Å². The van der Waals surface area contributed by atoms with E-state index < -0.39 is 5.97 Å². The zero-order valence-electron chi connectivity index (χ0n) is 17.3. The SMILES string of the molecule is COc1ccc(CCNC(=O)COC(=O)Cc2coc3cc(C)ccc23)cc1OC. The number of esters is 1. The van der Waals surface area contributed by atoms with Crippen molar-refractivity contribution >= 4 is 22.8 Å². The van der Waals surface area contributed by atoms with E-state index in [1.165, 1.54) is 0 Å². The Bertz CT molecular complexity index is 1040. The zero-order valence-corrected chi connectivity index (χ0v) is 17.3. The highest BCUT2D eigenvalue weighted by atomic mass is 16.5. The summed E-state index contributed by atoms with van der Waals surface area (Å²) in [7, 11) is 3.15. The Balaban J connectivity index is 1.42. The normalized spacial score (nSPS) is 10.6. The van der Waals surface area contributed by atoms with Gasteiger partial charge in [0.15, 0.2) is 18.1 Å². The van der Waals surface area contributed by atoms with Crippen molar-refractivity contribution in [2.45, 2.75) is 19.8 Å². The number of methoxy groups -OCH3 is 2. The van der Waals surface area contributed by atoms with Crippen molar-refractivity contribution in [1.82, 2.24) is 5.32 Å². The molecular formula is C23H25NO6. The topological polar surface area (TPSA) is 87.0 Å². The lowest BCUT2D eigenvalue weighted by Gasteiger charge is -2.10. The first-order valence-electron chi connectivity index (χ1n) is 9.60. The Morgan fingerprint density at radius 2 is 1.83 bits per heavy atom. The molecule has 3 aromatic rings. The first-order chi connectivity index (χ1) is 14.5. The zero-order chi connectivity index (χ0) is 21.5. The summed E-state index contributed by atoms with van der Waals surface area (Å²) in [5, 5.41) is 3.61. The van der Waals surface area contributed by atoms with Crippen LogP contribution < -0.4 is 14.8 Å². The Hall–Kier alpha value is -3.48. The van der Waals surface area contributed by atoms with Crippen LogP contribution in [-0.4, -0.2) is 39.2 Å². The lowest BCUT2D eigenvalue weighted by atomic mass is 10.1. The van der Waals surface area contributed by atoms with Gasteiger partial charge in [-0.15, -0.1) is 0 Å². The van der Waals surface area contributed by atoms with E-state index in [0.29, 0.717) is 24.5 Å². The first kappa shape index (κ1) is 21.2. The monoisotopic (exact) mass is 411 g/mol. The van der Waals surface area contributed by atoms with E-state index in [2.05, 4.69) is 5.32 Å². The summed E-state index contributed by atoms with van der Waals surface area (Å²) in [5.74, 6) is 0.458. The fourth-order valence-corrected chi connectivity index (χ4v) is 3.11. The number of nitrogens with one attached hydrogen (secondary N) is 1. The van der Waals surface area contributed by atoms with Gasteiger partial charge in [0, 0.05) is 17.5 Å². The minimum atomic E-state index is -0.478. The highest BCUT2D eigenvalue weighted by Crippen LogP contribution is 2.27. The number of rotatable bonds is 9. The van der Waals surface area contributed by atoms with Gasteiger partial charge in [-0.2, -0.15) is 0 Å². The van der Waals surface area contributed by atoms with Gasteiger partial charge in [-0.3, -0.25) is 9.59 Å². The molecule has 0 aliphatic carbocycles. The molecule has 0 unspecified atom stereocenters. The van der Waals surface area contributed by atoms with Gasteiger partial charge < -0.3 is 23.9 Å². The van der Waals surface area contributed by atoms with E-state index in [0.717, 1.165) is 27.7 Å². The van der Waals surface area contributed by atoms with Crippen LogP contribution >= 0.6 is 0 Å². The van der Waals surface area contributed by atoms with Crippen LogP contribution in [0.1, 0.15) is 16.7 Å². The van der Waals surface area contributed by atoms with Crippen LogP contribution in [0.4, 0.5) is 0 Å². The number of benzene rings is 2. The summed E-state index contributed by atoms with van der Waals surface area (Å²) >= 11 is 0. The lowest BCUT2D eigenvalue weighted by molar-refractivity contribution is -0.147. The number of hydrogen-bond acceptors (Lipinski definition) is 6. The molecule has 0 bridgehead atoms. The number of carbonyl (C=O) groups is 2. The van der Waals surface area contributed by atoms with Gasteiger partial charge in [0.05, 0.1) is 26.9 Å². The minimum Gasteiger partial charge on any atom is -0.493 e. The van der Waals surface area contributed by atoms with E-state index in [4.69, 9.17) is 18.6 Å². The lowest BCUT2D eigenvalue weighted by Crippen LogP contribution is -2.30. The Morgan fingerprint density at radius 1 is 1.03 bits per heavy atom. The predicted molar refractivity (Wildman–Crippen MR) is 112 cm³/mol. The van der Waals surface area contributed by atoms with Crippen molar-refractivity contribution in [1.29, 1.82) is 0 Å². The van der Waals surface area contributed by atoms with E-state index in [9.17, 15) is 9.59 Å². The third-order valence-electron chi connectivity index (χ3n) is 4.69. The molecular weight excluding hydrogens is 386 g/mol. The maximum Gasteiger partial charge on any atom is 0.310 e. The Labute approximate surface area is 174 Å². The Morgan fingerprint density at radius 3 is 2.60 bits per heavy atom. The quantitative estimate of drug-likeness (QED) is 0.544. The second-order valence-corrected chi connectivity index (χ2v) is 6.89. The number of fused-ring (bicyclic) bond motifs is 1. The van der Waals surface area contributed by atoms with Crippen LogP contribution in [0.3, 0.4) is 0 Å². The molecule has 158 valence electrons. The third kappa shape index (κ3) is 5.31. The number of carbonyl (C=O) groups excluding carboxylic acids is 2. The highest BCUT2D eigenvalue weighted by molar-refractivity contribution is 5.87. The predicted octanol–water partition coefficient (Wildman–Crippen LogP) is 3.20. The van der Waals surface area contributed by atoms with Gasteiger partial charge in [0.2, 0.25) is 0 Å². The smallest absolute Gasteiger partial charge is 0.310 e. The van der Waals surface area contributed by atoms with Gasteiger partial charge >= 0.3 is 5.97 Å². The molecule has 2 aromatic carbocycles. The molecule has 0 atom stereocenters. The van der Waals surface area contributed by atoms with Crippen molar-refractivity contribution < 1.29 is 28.2 Å². The van der Waals surface area contributed by atoms with Crippen molar-refractivity contribution in [3.05, 3.63) is 59.4 Å².